The van der Waals surface area contributed by atoms with Crippen LogP contribution in [0.1, 0.15) is 32.6 Å². The van der Waals surface area contributed by atoms with E-state index in [0.29, 0.717) is 34.5 Å². The fourth-order valence-electron chi connectivity index (χ4n) is 2.55. The molecule has 0 aromatic carbocycles. The summed E-state index contributed by atoms with van der Waals surface area (Å²) in [5, 5.41) is 11.6. The zero-order valence-electron chi connectivity index (χ0n) is 14.6. The fourth-order valence-corrected chi connectivity index (χ4v) is 3.83. The molecule has 0 saturated heterocycles. The van der Waals surface area contributed by atoms with Crippen LogP contribution in [-0.4, -0.2) is 37.6 Å². The topological polar surface area (TPSA) is 95.4 Å². The first kappa shape index (κ1) is 17.7. The highest BCUT2D eigenvalue weighted by atomic mass is 32.2. The monoisotopic (exact) mass is 401 g/mol. The Hall–Kier alpha value is -2.72. The molecular formula is C17H15N5O3S2. The number of imidazole rings is 1. The van der Waals surface area contributed by atoms with Crippen molar-refractivity contribution in [2.24, 2.45) is 0 Å². The lowest BCUT2D eigenvalue weighted by Gasteiger charge is -2.00. The van der Waals surface area contributed by atoms with Crippen molar-refractivity contribution in [3.05, 3.63) is 57.8 Å². The van der Waals surface area contributed by atoms with Gasteiger partial charge in [0, 0.05) is 23.5 Å². The predicted octanol–water partition coefficient (Wildman–Crippen LogP) is 3.15. The van der Waals surface area contributed by atoms with E-state index < -0.39 is 5.97 Å². The maximum atomic E-state index is 11.9. The average molecular weight is 401 g/mol. The van der Waals surface area contributed by atoms with Crippen LogP contribution in [0.5, 0.6) is 0 Å². The van der Waals surface area contributed by atoms with Crippen LogP contribution in [0.25, 0.3) is 5.65 Å². The van der Waals surface area contributed by atoms with Crippen LogP contribution in [0.3, 0.4) is 0 Å². The van der Waals surface area contributed by atoms with Gasteiger partial charge in [-0.15, -0.1) is 21.5 Å². The van der Waals surface area contributed by atoms with Gasteiger partial charge in [-0.1, -0.05) is 11.8 Å². The highest BCUT2D eigenvalue weighted by Gasteiger charge is 2.15. The third kappa shape index (κ3) is 3.86. The molecule has 138 valence electrons. The first-order chi connectivity index (χ1) is 13.1. The van der Waals surface area contributed by atoms with Gasteiger partial charge in [-0.05, 0) is 19.1 Å². The van der Waals surface area contributed by atoms with Crippen LogP contribution in [0, 0.1) is 6.92 Å². The lowest BCUT2D eigenvalue weighted by Crippen LogP contribution is -2.03. The van der Waals surface area contributed by atoms with Gasteiger partial charge < -0.3 is 13.6 Å². The van der Waals surface area contributed by atoms with Gasteiger partial charge in [0.1, 0.15) is 5.56 Å². The SMILES string of the molecule is COC(=O)c1cccn2cc(CSc3nnc(Cc4csc(C)n4)o3)nc12. The number of methoxy groups -OCH3 is 1. The minimum absolute atomic E-state index is 0.413. The van der Waals surface area contributed by atoms with Crippen LogP contribution in [-0.2, 0) is 16.9 Å². The summed E-state index contributed by atoms with van der Waals surface area (Å²) < 4.78 is 12.3. The van der Waals surface area contributed by atoms with Gasteiger partial charge in [-0.25, -0.2) is 14.8 Å². The zero-order chi connectivity index (χ0) is 18.8. The second kappa shape index (κ2) is 7.49. The van der Waals surface area contributed by atoms with Crippen molar-refractivity contribution in [2.45, 2.75) is 24.3 Å². The number of pyridine rings is 1. The Morgan fingerprint density at radius 1 is 1.33 bits per heavy atom. The van der Waals surface area contributed by atoms with Crippen molar-refractivity contribution < 1.29 is 13.9 Å². The van der Waals surface area contributed by atoms with E-state index in [1.54, 1.807) is 27.9 Å². The molecule has 0 aliphatic heterocycles. The van der Waals surface area contributed by atoms with Crippen molar-refractivity contribution >= 4 is 34.7 Å². The third-order valence-corrected chi connectivity index (χ3v) is 5.40. The first-order valence-electron chi connectivity index (χ1n) is 8.03. The maximum absolute atomic E-state index is 11.9. The second-order valence-electron chi connectivity index (χ2n) is 5.66. The Balaban J connectivity index is 1.45. The number of rotatable bonds is 6. The van der Waals surface area contributed by atoms with Crippen molar-refractivity contribution in [3.63, 3.8) is 0 Å². The third-order valence-electron chi connectivity index (χ3n) is 3.73. The van der Waals surface area contributed by atoms with Crippen LogP contribution in [0.4, 0.5) is 0 Å². The van der Waals surface area contributed by atoms with E-state index in [0.717, 1.165) is 16.4 Å². The molecule has 4 aromatic rings. The molecule has 8 nitrogen and oxygen atoms in total. The van der Waals surface area contributed by atoms with Gasteiger partial charge in [0.25, 0.3) is 5.22 Å². The van der Waals surface area contributed by atoms with E-state index in [1.807, 2.05) is 24.7 Å². The molecule has 0 amide bonds. The largest absolute Gasteiger partial charge is 0.465 e. The van der Waals surface area contributed by atoms with E-state index in [2.05, 4.69) is 20.2 Å². The van der Waals surface area contributed by atoms with Gasteiger partial charge in [-0.3, -0.25) is 0 Å². The molecule has 0 fully saturated rings. The fraction of sp³-hybridized carbons (Fsp3) is 0.235. The number of thioether (sulfide) groups is 1. The highest BCUT2D eigenvalue weighted by Crippen LogP contribution is 2.23. The predicted molar refractivity (Wildman–Crippen MR) is 100 cm³/mol. The molecule has 4 rings (SSSR count). The summed E-state index contributed by atoms with van der Waals surface area (Å²) in [6, 6.07) is 3.47. The smallest absolute Gasteiger partial charge is 0.341 e. The Bertz CT molecular complexity index is 1100. The molecule has 0 bridgehead atoms. The number of nitrogens with zero attached hydrogens (tertiary/aromatic N) is 5. The summed E-state index contributed by atoms with van der Waals surface area (Å²) in [6.45, 7) is 1.96. The first-order valence-corrected chi connectivity index (χ1v) is 9.90. The van der Waals surface area contributed by atoms with Crippen molar-refractivity contribution in [1.29, 1.82) is 0 Å². The van der Waals surface area contributed by atoms with E-state index in [9.17, 15) is 4.79 Å². The Morgan fingerprint density at radius 2 is 2.22 bits per heavy atom. The molecule has 0 spiro atoms. The van der Waals surface area contributed by atoms with E-state index in [-0.39, 0.29) is 0 Å². The molecule has 0 aliphatic carbocycles. The number of hydrogen-bond donors (Lipinski definition) is 0. The second-order valence-corrected chi connectivity index (χ2v) is 7.65. The van der Waals surface area contributed by atoms with Gasteiger partial charge in [0.15, 0.2) is 5.65 Å². The normalized spacial score (nSPS) is 11.2. The summed E-state index contributed by atoms with van der Waals surface area (Å²) in [6.07, 6.45) is 4.22. The summed E-state index contributed by atoms with van der Waals surface area (Å²) in [4.78, 5) is 20.8. The number of fused-ring (bicyclic) bond motifs is 1. The standard InChI is InChI=1S/C17H15N5O3S2/c1-10-18-11(8-26-10)6-14-20-21-17(25-14)27-9-12-7-22-5-3-4-13(15(22)19-12)16(23)24-2/h3-5,7-8H,6,9H2,1-2H3. The number of aromatic nitrogens is 5. The molecule has 27 heavy (non-hydrogen) atoms. The number of hydrogen-bond acceptors (Lipinski definition) is 9. The summed E-state index contributed by atoms with van der Waals surface area (Å²) in [5.74, 6) is 0.662. The molecule has 0 unspecified atom stereocenters. The Labute approximate surface area is 162 Å². The lowest BCUT2D eigenvalue weighted by atomic mass is 10.3. The Morgan fingerprint density at radius 3 is 3.00 bits per heavy atom. The zero-order valence-corrected chi connectivity index (χ0v) is 16.2. The van der Waals surface area contributed by atoms with Crippen LogP contribution in [0.15, 0.2) is 39.5 Å². The number of thiazole rings is 1. The van der Waals surface area contributed by atoms with Crippen molar-refractivity contribution in [2.75, 3.05) is 7.11 Å². The lowest BCUT2D eigenvalue weighted by molar-refractivity contribution is 0.0602. The maximum Gasteiger partial charge on any atom is 0.341 e. The quantitative estimate of drug-likeness (QED) is 0.359. The van der Waals surface area contributed by atoms with Crippen molar-refractivity contribution in [3.8, 4) is 0 Å². The number of esters is 1. The number of carbonyl (C=O) groups is 1. The number of ether oxygens (including phenoxy) is 1. The number of aryl methyl sites for hydroxylation is 1. The molecule has 0 aliphatic rings. The summed E-state index contributed by atoms with van der Waals surface area (Å²) in [7, 11) is 1.35. The molecule has 0 N–H and O–H groups in total. The van der Waals surface area contributed by atoms with E-state index in [1.165, 1.54) is 18.9 Å². The molecular weight excluding hydrogens is 386 g/mol. The number of carbonyl (C=O) groups excluding carboxylic acids is 1. The molecule has 4 aromatic heterocycles. The molecule has 0 atom stereocenters. The minimum atomic E-state index is -0.413. The molecule has 0 radical (unpaired) electrons. The highest BCUT2D eigenvalue weighted by molar-refractivity contribution is 7.98. The molecule has 0 saturated carbocycles. The van der Waals surface area contributed by atoms with Gasteiger partial charge in [0.05, 0.1) is 29.9 Å². The average Bonchev–Trinajstić information content (AvgIpc) is 3.39. The molecule has 4 heterocycles. The van der Waals surface area contributed by atoms with Gasteiger partial charge in [-0.2, -0.15) is 0 Å². The molecule has 10 heteroatoms. The van der Waals surface area contributed by atoms with Crippen LogP contribution in [0.2, 0.25) is 0 Å². The summed E-state index contributed by atoms with van der Waals surface area (Å²) >= 11 is 2.99. The van der Waals surface area contributed by atoms with Crippen LogP contribution < -0.4 is 0 Å². The van der Waals surface area contributed by atoms with Gasteiger partial charge >= 0.3 is 5.97 Å². The van der Waals surface area contributed by atoms with E-state index in [4.69, 9.17) is 9.15 Å². The minimum Gasteiger partial charge on any atom is -0.465 e. The van der Waals surface area contributed by atoms with Crippen molar-refractivity contribution in [1.82, 2.24) is 24.6 Å². The van der Waals surface area contributed by atoms with E-state index >= 15 is 0 Å². The Kier molecular flexibility index (Phi) is 4.90. The van der Waals surface area contributed by atoms with Crippen LogP contribution >= 0.6 is 23.1 Å². The van der Waals surface area contributed by atoms with Gasteiger partial charge in [0.2, 0.25) is 5.89 Å². The summed E-state index contributed by atoms with van der Waals surface area (Å²) in [5.41, 5.74) is 2.71.